The maximum Gasteiger partial charge on any atom is 0.416 e. The number of nitrogens with zero attached hydrogens (tertiary/aromatic N) is 2. The monoisotopic (exact) mass is 647 g/mol. The fourth-order valence-electron chi connectivity index (χ4n) is 5.40. The third-order valence-electron chi connectivity index (χ3n) is 8.13. The highest BCUT2D eigenvalue weighted by Crippen LogP contribution is 2.38. The van der Waals surface area contributed by atoms with E-state index in [1.54, 1.807) is 43.3 Å². The first-order valence-electron chi connectivity index (χ1n) is 14.4. The zero-order valence-electron chi connectivity index (χ0n) is 25.1. The van der Waals surface area contributed by atoms with Crippen LogP contribution in [0.15, 0.2) is 77.7 Å². The summed E-state index contributed by atoms with van der Waals surface area (Å²) < 4.78 is 63.5. The molecule has 2 amide bonds. The molecule has 1 aliphatic rings. The quantitative estimate of drug-likeness (QED) is 0.289. The Morgan fingerprint density at radius 2 is 1.67 bits per heavy atom. The number of anilines is 1. The number of hydroxylamine groups is 2. The van der Waals surface area contributed by atoms with Crippen LogP contribution in [0, 0.1) is 0 Å². The van der Waals surface area contributed by atoms with Gasteiger partial charge in [-0.25, -0.2) is 13.5 Å². The van der Waals surface area contributed by atoms with E-state index in [1.165, 1.54) is 38.4 Å². The number of nitrogens with one attached hydrogen (secondary N) is 1. The van der Waals surface area contributed by atoms with Crippen molar-refractivity contribution in [3.05, 3.63) is 95.1 Å². The lowest BCUT2D eigenvalue weighted by Gasteiger charge is -2.27. The number of carbonyl (C=O) groups excluding carboxylic acids is 2. The predicted octanol–water partition coefficient (Wildman–Crippen LogP) is 4.73. The Labute approximate surface area is 260 Å². The molecule has 3 aromatic carbocycles. The van der Waals surface area contributed by atoms with Crippen molar-refractivity contribution in [1.29, 1.82) is 0 Å². The van der Waals surface area contributed by atoms with Crippen LogP contribution in [0.2, 0.25) is 0 Å². The number of hydrogen-bond donors (Lipinski definition) is 2. The number of rotatable bonds is 11. The zero-order chi connectivity index (χ0) is 32.9. The number of alkyl halides is 3. The molecule has 0 radical (unpaired) electrons. The van der Waals surface area contributed by atoms with Crippen molar-refractivity contribution in [3.63, 3.8) is 0 Å². The Morgan fingerprint density at radius 1 is 1.04 bits per heavy atom. The Hall–Kier alpha value is -3.94. The van der Waals surface area contributed by atoms with E-state index in [1.807, 2.05) is 4.90 Å². The summed E-state index contributed by atoms with van der Waals surface area (Å²) >= 11 is 0. The Balaban J connectivity index is 1.51. The van der Waals surface area contributed by atoms with Crippen LogP contribution in [0.5, 0.6) is 0 Å². The zero-order valence-corrected chi connectivity index (χ0v) is 25.9. The third kappa shape index (κ3) is 8.02. The average Bonchev–Trinajstić information content (AvgIpc) is 3.46. The van der Waals surface area contributed by atoms with Crippen LogP contribution in [0.25, 0.3) is 0 Å². The molecule has 4 rings (SSSR count). The van der Waals surface area contributed by atoms with Crippen LogP contribution in [-0.2, 0) is 25.6 Å². The molecule has 242 valence electrons. The highest BCUT2D eigenvalue weighted by Gasteiger charge is 2.36. The summed E-state index contributed by atoms with van der Waals surface area (Å²) in [5, 5.41) is 13.8. The van der Waals surface area contributed by atoms with Crippen LogP contribution in [0.1, 0.15) is 58.8 Å². The lowest BCUT2D eigenvalue weighted by molar-refractivity contribution is -0.169. The Morgan fingerprint density at radius 3 is 2.20 bits per heavy atom. The minimum absolute atomic E-state index is 0.0447. The molecule has 1 heterocycles. The maximum absolute atomic E-state index is 13.1. The van der Waals surface area contributed by atoms with E-state index in [2.05, 4.69) is 5.32 Å². The van der Waals surface area contributed by atoms with E-state index in [4.69, 9.17) is 4.84 Å². The molecule has 0 spiro atoms. The maximum atomic E-state index is 13.1. The first-order valence-corrected chi connectivity index (χ1v) is 16.0. The molecule has 45 heavy (non-hydrogen) atoms. The Kier molecular flexibility index (Phi) is 10.6. The molecule has 0 aromatic heterocycles. The minimum atomic E-state index is -4.44. The normalized spacial score (nSPS) is 17.6. The van der Waals surface area contributed by atoms with Crippen molar-refractivity contribution >= 4 is 27.3 Å². The number of halogens is 3. The number of aliphatic hydroxyl groups excluding tert-OH is 1. The van der Waals surface area contributed by atoms with Crippen molar-refractivity contribution in [2.75, 3.05) is 38.0 Å². The number of aliphatic hydroxyl groups is 1. The fraction of sp³-hybridized carbons (Fsp3) is 0.375. The van der Waals surface area contributed by atoms with E-state index in [0.717, 1.165) is 28.4 Å². The minimum Gasteiger partial charge on any atom is -0.394 e. The van der Waals surface area contributed by atoms with Crippen LogP contribution in [0.3, 0.4) is 0 Å². The summed E-state index contributed by atoms with van der Waals surface area (Å²) in [6.07, 6.45) is -3.80. The van der Waals surface area contributed by atoms with Gasteiger partial charge in [0.2, 0.25) is 5.91 Å². The number of sulfone groups is 1. The molecule has 1 unspecified atom stereocenters. The van der Waals surface area contributed by atoms with E-state index < -0.39 is 40.1 Å². The van der Waals surface area contributed by atoms with Gasteiger partial charge >= 0.3 is 6.18 Å². The molecule has 3 aromatic rings. The second-order valence-electron chi connectivity index (χ2n) is 10.9. The van der Waals surface area contributed by atoms with Gasteiger partial charge in [0.15, 0.2) is 9.84 Å². The molecule has 0 saturated carbocycles. The largest absolute Gasteiger partial charge is 0.416 e. The van der Waals surface area contributed by atoms with Gasteiger partial charge in [-0.05, 0) is 66.1 Å². The van der Waals surface area contributed by atoms with E-state index in [9.17, 15) is 36.3 Å². The SMILES string of the molecule is CCS(=O)(=O)c1ccc([C@H](CO)NC(=O)c2ccc(N3CC(c4ccc(C(F)(F)F)cc4)C[C@H]3CC(=O)N(C)OC)cc2)cc1. The van der Waals surface area contributed by atoms with Gasteiger partial charge in [-0.2, -0.15) is 13.2 Å². The molecule has 1 fully saturated rings. The highest BCUT2D eigenvalue weighted by atomic mass is 32.2. The molecule has 0 bridgehead atoms. The van der Waals surface area contributed by atoms with Gasteiger partial charge in [0, 0.05) is 43.2 Å². The number of amides is 2. The smallest absolute Gasteiger partial charge is 0.394 e. The third-order valence-corrected chi connectivity index (χ3v) is 9.88. The van der Waals surface area contributed by atoms with Crippen molar-refractivity contribution in [3.8, 4) is 0 Å². The lowest BCUT2D eigenvalue weighted by atomic mass is 9.94. The first kappa shape index (κ1) is 33.9. The van der Waals surface area contributed by atoms with Gasteiger partial charge in [-0.3, -0.25) is 14.4 Å². The molecule has 1 aliphatic heterocycles. The highest BCUT2D eigenvalue weighted by molar-refractivity contribution is 7.91. The summed E-state index contributed by atoms with van der Waals surface area (Å²) in [5.41, 5.74) is 1.58. The first-order chi connectivity index (χ1) is 21.3. The molecule has 1 saturated heterocycles. The molecular weight excluding hydrogens is 611 g/mol. The van der Waals surface area contributed by atoms with Crippen molar-refractivity contribution in [2.45, 2.75) is 48.8 Å². The van der Waals surface area contributed by atoms with Gasteiger partial charge < -0.3 is 15.3 Å². The van der Waals surface area contributed by atoms with E-state index in [0.29, 0.717) is 24.1 Å². The number of carbonyl (C=O) groups is 2. The summed E-state index contributed by atoms with van der Waals surface area (Å²) in [5.74, 6) is -0.892. The molecule has 9 nitrogen and oxygen atoms in total. The van der Waals surface area contributed by atoms with Crippen LogP contribution in [-0.4, -0.2) is 69.5 Å². The summed E-state index contributed by atoms with van der Waals surface area (Å²) in [7, 11) is -0.505. The summed E-state index contributed by atoms with van der Waals surface area (Å²) in [4.78, 5) is 33.0. The van der Waals surface area contributed by atoms with Crippen molar-refractivity contribution < 1.29 is 41.1 Å². The second kappa shape index (κ2) is 14.0. The van der Waals surface area contributed by atoms with Crippen molar-refractivity contribution in [2.24, 2.45) is 0 Å². The molecular formula is C32H36F3N3O6S. The molecule has 3 atom stereocenters. The second-order valence-corrected chi connectivity index (χ2v) is 13.1. The predicted molar refractivity (Wildman–Crippen MR) is 162 cm³/mol. The van der Waals surface area contributed by atoms with Gasteiger partial charge in [-0.15, -0.1) is 0 Å². The van der Waals surface area contributed by atoms with Crippen molar-refractivity contribution in [1.82, 2.24) is 10.4 Å². The number of benzene rings is 3. The van der Waals surface area contributed by atoms with Crippen LogP contribution >= 0.6 is 0 Å². The van der Waals surface area contributed by atoms with Gasteiger partial charge in [-0.1, -0.05) is 31.2 Å². The molecule has 13 heteroatoms. The van der Waals surface area contributed by atoms with E-state index >= 15 is 0 Å². The molecule has 0 aliphatic carbocycles. The van der Waals surface area contributed by atoms with Gasteiger partial charge in [0.25, 0.3) is 5.91 Å². The molecule has 2 N–H and O–H groups in total. The summed E-state index contributed by atoms with van der Waals surface area (Å²) in [6, 6.07) is 16.7. The Bertz CT molecular complexity index is 1580. The van der Waals surface area contributed by atoms with Gasteiger partial charge in [0.1, 0.15) is 0 Å². The fourth-order valence-corrected chi connectivity index (χ4v) is 6.28. The standard InChI is InChI=1S/C32H36F3N3O6S/c1-4-45(42,43)28-15-9-22(10-16-28)29(20-39)36-31(41)23-7-13-26(14-8-23)38-19-24(17-27(38)18-30(40)37(2)44-3)21-5-11-25(12-6-21)32(33,34)35/h5-16,24,27,29,39H,4,17-20H2,1-3H3,(H,36,41)/t24?,27-,29-/m0/s1. The summed E-state index contributed by atoms with van der Waals surface area (Å²) in [6.45, 7) is 1.59. The van der Waals surface area contributed by atoms with Gasteiger partial charge in [0.05, 0.1) is 36.0 Å². The van der Waals surface area contributed by atoms with Crippen LogP contribution < -0.4 is 10.2 Å². The van der Waals surface area contributed by atoms with Crippen LogP contribution in [0.4, 0.5) is 18.9 Å². The average molecular weight is 648 g/mol. The lowest BCUT2D eigenvalue weighted by Crippen LogP contribution is -2.36. The van der Waals surface area contributed by atoms with E-state index in [-0.39, 0.29) is 34.9 Å². The number of hydrogen-bond acceptors (Lipinski definition) is 7. The topological polar surface area (TPSA) is 116 Å².